The molecular weight excluding hydrogens is 417 g/mol. The Labute approximate surface area is 171 Å². The van der Waals surface area contributed by atoms with Gasteiger partial charge in [-0.05, 0) is 75.2 Å². The number of fused-ring (bicyclic) bond motifs is 1. The predicted molar refractivity (Wildman–Crippen MR) is 117 cm³/mol. The molecule has 0 atom stereocenters. The lowest BCUT2D eigenvalue weighted by Crippen LogP contribution is -2.20. The van der Waals surface area contributed by atoms with Crippen LogP contribution in [0.2, 0.25) is 0 Å². The summed E-state index contributed by atoms with van der Waals surface area (Å²) >= 11 is 3.44. The summed E-state index contributed by atoms with van der Waals surface area (Å²) in [4.78, 5) is 2.19. The summed E-state index contributed by atoms with van der Waals surface area (Å²) in [7, 11) is -1.86. The Morgan fingerprint density at radius 1 is 0.679 bits per heavy atom. The van der Waals surface area contributed by atoms with Crippen molar-refractivity contribution in [1.29, 1.82) is 0 Å². The van der Waals surface area contributed by atoms with Crippen LogP contribution in [0.25, 0.3) is 10.8 Å². The molecule has 4 rings (SSSR count). The molecule has 4 aromatic rings. The smallest absolute Gasteiger partial charge is 0.511 e. The first-order chi connectivity index (χ1) is 13.6. The van der Waals surface area contributed by atoms with Gasteiger partial charge in [-0.3, -0.25) is 0 Å². The molecule has 0 fully saturated rings. The molecule has 0 unspecified atom stereocenters. The first-order valence-corrected chi connectivity index (χ1v) is 9.57. The topological polar surface area (TPSA) is 52.9 Å². The molecule has 0 spiro atoms. The monoisotopic (exact) mass is 433 g/mol. The Kier molecular flexibility index (Phi) is 5.35. The lowest BCUT2D eigenvalue weighted by atomic mass is 10.1. The molecule has 4 nitrogen and oxygen atoms in total. The summed E-state index contributed by atoms with van der Waals surface area (Å²) in [6.07, 6.45) is 0. The molecule has 0 saturated heterocycles. The predicted octanol–water partition coefficient (Wildman–Crippen LogP) is 5.42. The third kappa shape index (κ3) is 3.89. The van der Waals surface area contributed by atoms with Crippen molar-refractivity contribution in [2.45, 2.75) is 0 Å². The van der Waals surface area contributed by atoms with E-state index >= 15 is 0 Å². The zero-order chi connectivity index (χ0) is 19.5. The molecule has 0 amide bonds. The summed E-state index contributed by atoms with van der Waals surface area (Å²) in [5.74, 6) is 0.373. The minimum absolute atomic E-state index is 0.373. The quantitative estimate of drug-likeness (QED) is 0.412. The second-order valence-electron chi connectivity index (χ2n) is 6.26. The maximum atomic E-state index is 9.08. The Bertz CT molecular complexity index is 1050. The SMILES string of the molecule is OB(O)Oc1cc2ccc(N(c3ccccc3)c3ccccc3)cc2cc1Br. The standard InChI is InChI=1S/C22H17BBrNO3/c24-21-14-17-13-20(12-11-16(17)15-22(21)28-23(26)27)25(18-7-3-1-4-8-18)19-9-5-2-6-10-19/h1-15,26-27H. The van der Waals surface area contributed by atoms with Crippen molar-refractivity contribution in [1.82, 2.24) is 0 Å². The largest absolute Gasteiger partial charge is 0.707 e. The molecule has 2 N–H and O–H groups in total. The van der Waals surface area contributed by atoms with E-state index in [2.05, 4.69) is 51.2 Å². The van der Waals surface area contributed by atoms with Crippen LogP contribution in [0.3, 0.4) is 0 Å². The molecule has 0 radical (unpaired) electrons. The van der Waals surface area contributed by atoms with E-state index in [4.69, 9.17) is 14.7 Å². The summed E-state index contributed by atoms with van der Waals surface area (Å²) in [6, 6.07) is 30.2. The van der Waals surface area contributed by atoms with Crippen molar-refractivity contribution in [3.05, 3.63) is 95.5 Å². The molecular formula is C22H17BBrNO3. The molecule has 138 valence electrons. The highest BCUT2D eigenvalue weighted by atomic mass is 79.9. The van der Waals surface area contributed by atoms with Gasteiger partial charge in [-0.2, -0.15) is 0 Å². The number of halogens is 1. The zero-order valence-electron chi connectivity index (χ0n) is 14.9. The molecule has 0 heterocycles. The fourth-order valence-electron chi connectivity index (χ4n) is 3.18. The fraction of sp³-hybridized carbons (Fsp3) is 0. The maximum absolute atomic E-state index is 9.08. The summed E-state index contributed by atoms with van der Waals surface area (Å²) in [6.45, 7) is 0. The van der Waals surface area contributed by atoms with Crippen LogP contribution >= 0.6 is 15.9 Å². The van der Waals surface area contributed by atoms with E-state index in [0.717, 1.165) is 27.8 Å². The van der Waals surface area contributed by atoms with Gasteiger partial charge in [0.05, 0.1) is 4.47 Å². The van der Waals surface area contributed by atoms with Gasteiger partial charge in [0, 0.05) is 17.1 Å². The first kappa shape index (κ1) is 18.6. The lowest BCUT2D eigenvalue weighted by Gasteiger charge is -2.25. The third-order valence-corrected chi connectivity index (χ3v) is 5.01. The van der Waals surface area contributed by atoms with Gasteiger partial charge in [0.25, 0.3) is 0 Å². The van der Waals surface area contributed by atoms with Crippen LogP contribution in [0.1, 0.15) is 0 Å². The van der Waals surface area contributed by atoms with Gasteiger partial charge in [0.2, 0.25) is 0 Å². The van der Waals surface area contributed by atoms with E-state index in [0.29, 0.717) is 10.2 Å². The summed E-state index contributed by atoms with van der Waals surface area (Å²) < 4.78 is 5.67. The number of anilines is 3. The van der Waals surface area contributed by atoms with Crippen LogP contribution < -0.4 is 9.55 Å². The Balaban J connectivity index is 1.83. The van der Waals surface area contributed by atoms with Crippen LogP contribution in [0.5, 0.6) is 5.75 Å². The minimum atomic E-state index is -1.86. The number of nitrogens with zero attached hydrogens (tertiary/aromatic N) is 1. The molecule has 0 aromatic heterocycles. The van der Waals surface area contributed by atoms with E-state index in [1.807, 2.05) is 54.6 Å². The zero-order valence-corrected chi connectivity index (χ0v) is 16.5. The second kappa shape index (κ2) is 8.06. The van der Waals surface area contributed by atoms with Gasteiger partial charge in [0.1, 0.15) is 5.75 Å². The van der Waals surface area contributed by atoms with Crippen molar-refractivity contribution < 1.29 is 14.7 Å². The molecule has 0 saturated carbocycles. The van der Waals surface area contributed by atoms with Crippen LogP contribution in [0.15, 0.2) is 95.5 Å². The average Bonchev–Trinajstić information content (AvgIpc) is 2.70. The number of rotatable bonds is 5. The van der Waals surface area contributed by atoms with Gasteiger partial charge < -0.3 is 19.6 Å². The van der Waals surface area contributed by atoms with Crippen molar-refractivity contribution in [2.24, 2.45) is 0 Å². The Morgan fingerprint density at radius 2 is 1.29 bits per heavy atom. The van der Waals surface area contributed by atoms with E-state index in [9.17, 15) is 0 Å². The summed E-state index contributed by atoms with van der Waals surface area (Å²) in [5, 5.41) is 20.1. The van der Waals surface area contributed by atoms with Gasteiger partial charge in [0.15, 0.2) is 0 Å². The van der Waals surface area contributed by atoms with Gasteiger partial charge in [-0.25, -0.2) is 0 Å². The molecule has 28 heavy (non-hydrogen) atoms. The molecule has 0 aliphatic heterocycles. The first-order valence-electron chi connectivity index (χ1n) is 8.78. The average molecular weight is 434 g/mol. The van der Waals surface area contributed by atoms with Crippen molar-refractivity contribution in [3.63, 3.8) is 0 Å². The second-order valence-corrected chi connectivity index (χ2v) is 7.12. The molecule has 0 bridgehead atoms. The van der Waals surface area contributed by atoms with Crippen LogP contribution in [-0.4, -0.2) is 17.4 Å². The normalized spacial score (nSPS) is 10.7. The number of hydrogen-bond donors (Lipinski definition) is 2. The highest BCUT2D eigenvalue weighted by Gasteiger charge is 2.16. The van der Waals surface area contributed by atoms with E-state index < -0.39 is 7.32 Å². The highest BCUT2D eigenvalue weighted by molar-refractivity contribution is 9.10. The molecule has 0 aliphatic carbocycles. The van der Waals surface area contributed by atoms with Crippen molar-refractivity contribution in [3.8, 4) is 5.75 Å². The van der Waals surface area contributed by atoms with Crippen LogP contribution in [0.4, 0.5) is 17.1 Å². The molecule has 0 aliphatic rings. The van der Waals surface area contributed by atoms with E-state index in [1.165, 1.54) is 0 Å². The molecule has 4 aromatic carbocycles. The minimum Gasteiger partial charge on any atom is -0.511 e. The van der Waals surface area contributed by atoms with E-state index in [1.54, 1.807) is 6.07 Å². The van der Waals surface area contributed by atoms with Crippen LogP contribution in [-0.2, 0) is 0 Å². The maximum Gasteiger partial charge on any atom is 0.707 e. The number of benzene rings is 4. The van der Waals surface area contributed by atoms with Gasteiger partial charge >= 0.3 is 7.32 Å². The van der Waals surface area contributed by atoms with Gasteiger partial charge in [-0.1, -0.05) is 42.5 Å². The van der Waals surface area contributed by atoms with E-state index in [-0.39, 0.29) is 0 Å². The van der Waals surface area contributed by atoms with Gasteiger partial charge in [-0.15, -0.1) is 0 Å². The fourth-order valence-corrected chi connectivity index (χ4v) is 3.64. The summed E-state index contributed by atoms with van der Waals surface area (Å²) in [5.41, 5.74) is 3.15. The highest BCUT2D eigenvalue weighted by Crippen LogP contribution is 2.37. The van der Waals surface area contributed by atoms with Crippen molar-refractivity contribution in [2.75, 3.05) is 4.90 Å². The van der Waals surface area contributed by atoms with Crippen LogP contribution in [0, 0.1) is 0 Å². The van der Waals surface area contributed by atoms with Crippen molar-refractivity contribution >= 4 is 51.1 Å². The number of para-hydroxylation sites is 2. The lowest BCUT2D eigenvalue weighted by molar-refractivity contribution is 0.287. The Morgan fingerprint density at radius 3 is 1.86 bits per heavy atom. The Hall–Kier alpha value is -2.80. The number of hydrogen-bond acceptors (Lipinski definition) is 4. The molecule has 6 heteroatoms. The third-order valence-electron chi connectivity index (χ3n) is 4.39.